The molecule has 0 atom stereocenters. The summed E-state index contributed by atoms with van der Waals surface area (Å²) in [7, 11) is 0. The van der Waals surface area contributed by atoms with Gasteiger partial charge in [-0.3, -0.25) is 9.59 Å². The van der Waals surface area contributed by atoms with Crippen molar-refractivity contribution in [3.8, 4) is 0 Å². The SMILES string of the molecule is O=C1CN(C(=O)CCSc2ccc(F)cc2)CCCN1. The molecule has 0 radical (unpaired) electrons. The molecule has 2 rings (SSSR count). The number of thioether (sulfide) groups is 1. The second kappa shape index (κ2) is 7.28. The summed E-state index contributed by atoms with van der Waals surface area (Å²) in [4.78, 5) is 25.9. The van der Waals surface area contributed by atoms with E-state index in [1.807, 2.05) is 0 Å². The van der Waals surface area contributed by atoms with E-state index < -0.39 is 0 Å². The molecule has 1 saturated heterocycles. The zero-order valence-electron chi connectivity index (χ0n) is 11.1. The second-order valence-electron chi connectivity index (χ2n) is 4.57. The van der Waals surface area contributed by atoms with Gasteiger partial charge in [0.2, 0.25) is 11.8 Å². The molecule has 1 aliphatic rings. The lowest BCUT2D eigenvalue weighted by molar-refractivity contribution is -0.134. The minimum Gasteiger partial charge on any atom is -0.354 e. The molecule has 1 aromatic rings. The van der Waals surface area contributed by atoms with Crippen LogP contribution in [0.4, 0.5) is 4.39 Å². The number of nitrogens with one attached hydrogen (secondary N) is 1. The van der Waals surface area contributed by atoms with E-state index in [9.17, 15) is 14.0 Å². The van der Waals surface area contributed by atoms with E-state index in [0.29, 0.717) is 25.3 Å². The molecule has 108 valence electrons. The molecule has 1 aromatic carbocycles. The summed E-state index contributed by atoms with van der Waals surface area (Å²) in [6.45, 7) is 1.41. The van der Waals surface area contributed by atoms with Crippen LogP contribution in [0.25, 0.3) is 0 Å². The largest absolute Gasteiger partial charge is 0.354 e. The topological polar surface area (TPSA) is 49.4 Å². The van der Waals surface area contributed by atoms with Crippen molar-refractivity contribution in [3.05, 3.63) is 30.1 Å². The number of carbonyl (C=O) groups is 2. The van der Waals surface area contributed by atoms with Crippen molar-refractivity contribution in [1.29, 1.82) is 0 Å². The molecule has 0 spiro atoms. The van der Waals surface area contributed by atoms with Gasteiger partial charge in [0.1, 0.15) is 5.82 Å². The van der Waals surface area contributed by atoms with Gasteiger partial charge in [-0.1, -0.05) is 0 Å². The van der Waals surface area contributed by atoms with Gasteiger partial charge in [0.15, 0.2) is 0 Å². The first kappa shape index (κ1) is 14.8. The van der Waals surface area contributed by atoms with Crippen LogP contribution in [0.5, 0.6) is 0 Å². The number of amides is 2. The fourth-order valence-electron chi connectivity index (χ4n) is 1.96. The second-order valence-corrected chi connectivity index (χ2v) is 5.74. The highest BCUT2D eigenvalue weighted by molar-refractivity contribution is 7.99. The number of halogens is 1. The number of carbonyl (C=O) groups excluding carboxylic acids is 2. The van der Waals surface area contributed by atoms with Crippen LogP contribution >= 0.6 is 11.8 Å². The molecule has 1 heterocycles. The molecule has 6 heteroatoms. The minimum atomic E-state index is -0.263. The molecule has 1 aliphatic heterocycles. The van der Waals surface area contributed by atoms with Crippen LogP contribution in [0, 0.1) is 5.82 Å². The summed E-state index contributed by atoms with van der Waals surface area (Å²) in [6.07, 6.45) is 1.18. The third-order valence-electron chi connectivity index (χ3n) is 3.01. The van der Waals surface area contributed by atoms with Crippen molar-refractivity contribution in [2.24, 2.45) is 0 Å². The summed E-state index contributed by atoms with van der Waals surface area (Å²) in [5.74, 6) is 0.266. The average Bonchev–Trinajstić information content (AvgIpc) is 2.65. The van der Waals surface area contributed by atoms with Crippen LogP contribution in [-0.2, 0) is 9.59 Å². The smallest absolute Gasteiger partial charge is 0.239 e. The monoisotopic (exact) mass is 296 g/mol. The Balaban J connectivity index is 1.76. The van der Waals surface area contributed by atoms with E-state index in [2.05, 4.69) is 5.32 Å². The number of rotatable bonds is 4. The van der Waals surface area contributed by atoms with Gasteiger partial charge in [0.05, 0.1) is 6.54 Å². The number of hydrogen-bond donors (Lipinski definition) is 1. The van der Waals surface area contributed by atoms with Crippen LogP contribution in [0.3, 0.4) is 0 Å². The van der Waals surface area contributed by atoms with Gasteiger partial charge in [0.25, 0.3) is 0 Å². The third kappa shape index (κ3) is 4.52. The normalized spacial score (nSPS) is 15.7. The molecular formula is C14H17FN2O2S. The zero-order chi connectivity index (χ0) is 14.4. The Kier molecular flexibility index (Phi) is 5.40. The molecule has 0 saturated carbocycles. The Morgan fingerprint density at radius 2 is 2.10 bits per heavy atom. The van der Waals surface area contributed by atoms with Gasteiger partial charge in [-0.2, -0.15) is 0 Å². The Morgan fingerprint density at radius 1 is 1.35 bits per heavy atom. The predicted molar refractivity (Wildman–Crippen MR) is 75.9 cm³/mol. The van der Waals surface area contributed by atoms with Crippen LogP contribution < -0.4 is 5.32 Å². The summed E-state index contributed by atoms with van der Waals surface area (Å²) in [5, 5.41) is 2.74. The molecular weight excluding hydrogens is 279 g/mol. The van der Waals surface area contributed by atoms with Crippen molar-refractivity contribution in [3.63, 3.8) is 0 Å². The molecule has 20 heavy (non-hydrogen) atoms. The van der Waals surface area contributed by atoms with Crippen LogP contribution in [0.1, 0.15) is 12.8 Å². The van der Waals surface area contributed by atoms with Crippen molar-refractivity contribution in [2.45, 2.75) is 17.7 Å². The van der Waals surface area contributed by atoms with E-state index >= 15 is 0 Å². The average molecular weight is 296 g/mol. The molecule has 1 fully saturated rings. The Morgan fingerprint density at radius 3 is 2.85 bits per heavy atom. The maximum absolute atomic E-state index is 12.7. The molecule has 0 bridgehead atoms. The lowest BCUT2D eigenvalue weighted by Gasteiger charge is -2.18. The first-order chi connectivity index (χ1) is 9.65. The Hall–Kier alpha value is -1.56. The van der Waals surface area contributed by atoms with Crippen LogP contribution in [-0.4, -0.2) is 42.1 Å². The highest BCUT2D eigenvalue weighted by Gasteiger charge is 2.19. The lowest BCUT2D eigenvalue weighted by atomic mass is 10.3. The van der Waals surface area contributed by atoms with E-state index in [1.165, 1.54) is 23.9 Å². The number of hydrogen-bond acceptors (Lipinski definition) is 3. The van der Waals surface area contributed by atoms with Gasteiger partial charge in [-0.05, 0) is 30.7 Å². The van der Waals surface area contributed by atoms with Gasteiger partial charge in [0, 0.05) is 30.2 Å². The Bertz CT molecular complexity index is 479. The summed E-state index contributed by atoms with van der Waals surface area (Å²) >= 11 is 1.51. The molecule has 2 amide bonds. The Labute approximate surface area is 121 Å². The molecule has 0 unspecified atom stereocenters. The first-order valence-corrected chi connectivity index (χ1v) is 7.56. The molecule has 0 aromatic heterocycles. The first-order valence-electron chi connectivity index (χ1n) is 6.58. The third-order valence-corrected chi connectivity index (χ3v) is 4.03. The summed E-state index contributed by atoms with van der Waals surface area (Å²) in [6, 6.07) is 6.21. The lowest BCUT2D eigenvalue weighted by Crippen LogP contribution is -2.37. The predicted octanol–water partition coefficient (Wildman–Crippen LogP) is 1.66. The fraction of sp³-hybridized carbons (Fsp3) is 0.429. The van der Waals surface area contributed by atoms with E-state index in [4.69, 9.17) is 0 Å². The van der Waals surface area contributed by atoms with Gasteiger partial charge >= 0.3 is 0 Å². The van der Waals surface area contributed by atoms with Gasteiger partial charge in [-0.15, -0.1) is 11.8 Å². The zero-order valence-corrected chi connectivity index (χ0v) is 11.9. The highest BCUT2D eigenvalue weighted by atomic mass is 32.2. The molecule has 1 N–H and O–H groups in total. The van der Waals surface area contributed by atoms with Crippen LogP contribution in [0.15, 0.2) is 29.2 Å². The van der Waals surface area contributed by atoms with Crippen molar-refractivity contribution >= 4 is 23.6 Å². The van der Waals surface area contributed by atoms with Crippen molar-refractivity contribution in [1.82, 2.24) is 10.2 Å². The fourth-order valence-corrected chi connectivity index (χ4v) is 2.80. The van der Waals surface area contributed by atoms with E-state index in [0.717, 1.165) is 11.3 Å². The highest BCUT2D eigenvalue weighted by Crippen LogP contribution is 2.19. The van der Waals surface area contributed by atoms with E-state index in [1.54, 1.807) is 17.0 Å². The molecule has 4 nitrogen and oxygen atoms in total. The summed E-state index contributed by atoms with van der Waals surface area (Å²) < 4.78 is 12.7. The maximum atomic E-state index is 12.7. The number of benzene rings is 1. The minimum absolute atomic E-state index is 0.00309. The quantitative estimate of drug-likeness (QED) is 0.860. The van der Waals surface area contributed by atoms with Gasteiger partial charge in [-0.25, -0.2) is 4.39 Å². The number of nitrogens with zero attached hydrogens (tertiary/aromatic N) is 1. The van der Waals surface area contributed by atoms with Crippen molar-refractivity contribution < 1.29 is 14.0 Å². The molecule has 0 aliphatic carbocycles. The van der Waals surface area contributed by atoms with Gasteiger partial charge < -0.3 is 10.2 Å². The van der Waals surface area contributed by atoms with Crippen molar-refractivity contribution in [2.75, 3.05) is 25.4 Å². The van der Waals surface area contributed by atoms with E-state index in [-0.39, 0.29) is 24.2 Å². The standard InChI is InChI=1S/C14H17FN2O2S/c15-11-2-4-12(5-3-11)20-9-6-14(19)17-8-1-7-16-13(18)10-17/h2-5H,1,6-10H2,(H,16,18). The van der Waals surface area contributed by atoms with Crippen LogP contribution in [0.2, 0.25) is 0 Å². The summed E-state index contributed by atoms with van der Waals surface area (Å²) in [5.41, 5.74) is 0. The maximum Gasteiger partial charge on any atom is 0.239 e.